The van der Waals surface area contributed by atoms with Crippen LogP contribution in [0.3, 0.4) is 0 Å². The van der Waals surface area contributed by atoms with E-state index in [0.29, 0.717) is 23.4 Å². The van der Waals surface area contributed by atoms with Crippen molar-refractivity contribution in [1.82, 2.24) is 9.78 Å². The summed E-state index contributed by atoms with van der Waals surface area (Å²) in [6.45, 7) is 1.12. The van der Waals surface area contributed by atoms with Crippen LogP contribution in [0.25, 0.3) is 0 Å². The molecule has 0 amide bonds. The average Bonchev–Trinajstić information content (AvgIpc) is 3.10. The maximum Gasteiger partial charge on any atom is 0.395 e. The summed E-state index contributed by atoms with van der Waals surface area (Å²) in [4.78, 5) is 11.4. The number of carbonyl (C=O) groups excluding carboxylic acids is 1. The van der Waals surface area contributed by atoms with E-state index in [2.05, 4.69) is 16.5 Å². The molecule has 3 atom stereocenters. The number of rotatable bonds is 5. The van der Waals surface area contributed by atoms with E-state index in [9.17, 15) is 23.2 Å². The van der Waals surface area contributed by atoms with E-state index < -0.39 is 12.1 Å². The number of nitriles is 1. The molecule has 1 aliphatic carbocycles. The first kappa shape index (κ1) is 19.9. The zero-order valence-electron chi connectivity index (χ0n) is 15.4. The lowest BCUT2D eigenvalue weighted by Crippen LogP contribution is -2.22. The molecule has 0 spiro atoms. The zero-order valence-corrected chi connectivity index (χ0v) is 15.4. The Morgan fingerprint density at radius 1 is 1.29 bits per heavy atom. The van der Waals surface area contributed by atoms with E-state index in [1.807, 2.05) is 0 Å². The SMILES string of the molecule is CC(c1ccc(Nc2nn(C3CCCCC3C#N)cc2C=O)cc1)C(F)(F)F. The van der Waals surface area contributed by atoms with Gasteiger partial charge in [-0.25, -0.2) is 0 Å². The van der Waals surface area contributed by atoms with E-state index in [-0.39, 0.29) is 17.5 Å². The topological polar surface area (TPSA) is 70.7 Å². The van der Waals surface area contributed by atoms with Gasteiger partial charge < -0.3 is 5.32 Å². The van der Waals surface area contributed by atoms with Crippen LogP contribution in [-0.4, -0.2) is 22.2 Å². The maximum atomic E-state index is 12.8. The van der Waals surface area contributed by atoms with Crippen LogP contribution in [0.1, 0.15) is 60.5 Å². The number of anilines is 2. The zero-order chi connectivity index (χ0) is 20.3. The number of benzene rings is 1. The minimum atomic E-state index is -4.30. The summed E-state index contributed by atoms with van der Waals surface area (Å²) in [5, 5.41) is 16.8. The highest BCUT2D eigenvalue weighted by Crippen LogP contribution is 2.36. The second-order valence-corrected chi connectivity index (χ2v) is 7.13. The lowest BCUT2D eigenvalue weighted by Gasteiger charge is -2.26. The monoisotopic (exact) mass is 390 g/mol. The number of aromatic nitrogens is 2. The number of alkyl halides is 3. The van der Waals surface area contributed by atoms with Gasteiger partial charge in [0.1, 0.15) is 0 Å². The third-order valence-electron chi connectivity index (χ3n) is 5.29. The van der Waals surface area contributed by atoms with Crippen molar-refractivity contribution in [3.05, 3.63) is 41.6 Å². The molecule has 3 unspecified atom stereocenters. The van der Waals surface area contributed by atoms with Crippen LogP contribution in [-0.2, 0) is 0 Å². The molecule has 5 nitrogen and oxygen atoms in total. The van der Waals surface area contributed by atoms with Crippen LogP contribution in [0.4, 0.5) is 24.7 Å². The van der Waals surface area contributed by atoms with Gasteiger partial charge >= 0.3 is 6.18 Å². The molecule has 28 heavy (non-hydrogen) atoms. The normalized spacial score (nSPS) is 21.0. The Kier molecular flexibility index (Phi) is 5.73. The molecule has 1 aliphatic rings. The predicted octanol–water partition coefficient (Wildman–Crippen LogP) is 5.36. The molecule has 1 saturated carbocycles. The molecule has 1 aromatic heterocycles. The first-order chi connectivity index (χ1) is 13.3. The number of carbonyl (C=O) groups is 1. The number of hydrogen-bond acceptors (Lipinski definition) is 4. The summed E-state index contributed by atoms with van der Waals surface area (Å²) in [6, 6.07) is 8.11. The number of hydrogen-bond donors (Lipinski definition) is 1. The van der Waals surface area contributed by atoms with Crippen molar-refractivity contribution >= 4 is 17.8 Å². The highest BCUT2D eigenvalue weighted by Gasteiger charge is 2.36. The lowest BCUT2D eigenvalue weighted by molar-refractivity contribution is -0.146. The maximum absolute atomic E-state index is 12.8. The molecule has 0 radical (unpaired) electrons. The molecular weight excluding hydrogens is 369 g/mol. The number of aldehydes is 1. The van der Waals surface area contributed by atoms with Gasteiger partial charge in [0.2, 0.25) is 0 Å². The summed E-state index contributed by atoms with van der Waals surface area (Å²) in [5.74, 6) is -1.38. The highest BCUT2D eigenvalue weighted by molar-refractivity contribution is 5.83. The molecule has 2 aromatic rings. The van der Waals surface area contributed by atoms with Crippen molar-refractivity contribution in [3.8, 4) is 6.07 Å². The van der Waals surface area contributed by atoms with Crippen molar-refractivity contribution in [2.24, 2.45) is 5.92 Å². The van der Waals surface area contributed by atoms with E-state index in [0.717, 1.165) is 32.6 Å². The summed E-state index contributed by atoms with van der Waals surface area (Å²) >= 11 is 0. The summed E-state index contributed by atoms with van der Waals surface area (Å²) in [5.41, 5.74) is 1.04. The van der Waals surface area contributed by atoms with Gasteiger partial charge in [-0.3, -0.25) is 9.48 Å². The molecule has 3 rings (SSSR count). The van der Waals surface area contributed by atoms with Gasteiger partial charge in [-0.05, 0) is 37.5 Å². The van der Waals surface area contributed by atoms with Crippen molar-refractivity contribution in [3.63, 3.8) is 0 Å². The van der Waals surface area contributed by atoms with Gasteiger partial charge in [0.05, 0.1) is 29.5 Å². The molecule has 1 N–H and O–H groups in total. The van der Waals surface area contributed by atoms with Crippen LogP contribution in [0, 0.1) is 17.2 Å². The molecule has 148 valence electrons. The van der Waals surface area contributed by atoms with Gasteiger partial charge in [0, 0.05) is 11.9 Å². The quantitative estimate of drug-likeness (QED) is 0.698. The van der Waals surface area contributed by atoms with E-state index in [1.54, 1.807) is 10.9 Å². The molecule has 1 aromatic carbocycles. The summed E-state index contributed by atoms with van der Waals surface area (Å²) < 4.78 is 40.2. The summed E-state index contributed by atoms with van der Waals surface area (Å²) in [6.07, 6.45) is 1.63. The van der Waals surface area contributed by atoms with Crippen molar-refractivity contribution in [2.45, 2.75) is 50.7 Å². The predicted molar refractivity (Wildman–Crippen MR) is 98.4 cm³/mol. The first-order valence-corrected chi connectivity index (χ1v) is 9.21. The molecule has 0 saturated heterocycles. The van der Waals surface area contributed by atoms with Gasteiger partial charge in [-0.15, -0.1) is 0 Å². The van der Waals surface area contributed by atoms with Crippen molar-refractivity contribution in [2.75, 3.05) is 5.32 Å². The molecule has 0 aliphatic heterocycles. The standard InChI is InChI=1S/C20H21F3N4O/c1-13(20(21,22)23)14-6-8-17(9-7-14)25-19-16(12-28)11-27(26-19)18-5-3-2-4-15(18)10-24/h6-9,11-13,15,18H,2-5H2,1H3,(H,25,26). The van der Waals surface area contributed by atoms with Crippen molar-refractivity contribution < 1.29 is 18.0 Å². The van der Waals surface area contributed by atoms with Crippen LogP contribution in [0.5, 0.6) is 0 Å². The second-order valence-electron chi connectivity index (χ2n) is 7.13. The van der Waals surface area contributed by atoms with Crippen LogP contribution < -0.4 is 5.32 Å². The fourth-order valence-electron chi connectivity index (χ4n) is 3.52. The first-order valence-electron chi connectivity index (χ1n) is 9.21. The van der Waals surface area contributed by atoms with E-state index in [4.69, 9.17) is 0 Å². The average molecular weight is 390 g/mol. The lowest BCUT2D eigenvalue weighted by atomic mass is 9.86. The Labute approximate surface area is 161 Å². The highest BCUT2D eigenvalue weighted by atomic mass is 19.4. The third-order valence-corrected chi connectivity index (χ3v) is 5.29. The Hall–Kier alpha value is -2.82. The smallest absolute Gasteiger partial charge is 0.338 e. The van der Waals surface area contributed by atoms with E-state index in [1.165, 1.54) is 24.3 Å². The molecule has 1 fully saturated rings. The fourth-order valence-corrected chi connectivity index (χ4v) is 3.52. The van der Waals surface area contributed by atoms with Crippen LogP contribution >= 0.6 is 0 Å². The van der Waals surface area contributed by atoms with E-state index >= 15 is 0 Å². The summed E-state index contributed by atoms with van der Waals surface area (Å²) in [7, 11) is 0. The van der Waals surface area contributed by atoms with Crippen LogP contribution in [0.15, 0.2) is 30.5 Å². The fraction of sp³-hybridized carbons (Fsp3) is 0.450. The third kappa shape index (κ3) is 4.19. The van der Waals surface area contributed by atoms with Crippen molar-refractivity contribution in [1.29, 1.82) is 5.26 Å². The number of nitrogens with zero attached hydrogens (tertiary/aromatic N) is 3. The molecule has 1 heterocycles. The Morgan fingerprint density at radius 3 is 2.57 bits per heavy atom. The largest absolute Gasteiger partial charge is 0.395 e. The number of nitrogens with one attached hydrogen (secondary N) is 1. The van der Waals surface area contributed by atoms with Gasteiger partial charge in [0.15, 0.2) is 12.1 Å². The Balaban J connectivity index is 1.80. The minimum Gasteiger partial charge on any atom is -0.338 e. The second kappa shape index (κ2) is 8.05. The Morgan fingerprint density at radius 2 is 1.96 bits per heavy atom. The number of halogens is 3. The molecular formula is C20H21F3N4O. The van der Waals surface area contributed by atoms with Gasteiger partial charge in [-0.1, -0.05) is 25.0 Å². The Bertz CT molecular complexity index is 867. The van der Waals surface area contributed by atoms with Gasteiger partial charge in [0.25, 0.3) is 0 Å². The molecule has 8 heteroatoms. The molecule has 0 bridgehead atoms. The minimum absolute atomic E-state index is 0.0805. The van der Waals surface area contributed by atoms with Crippen LogP contribution in [0.2, 0.25) is 0 Å². The van der Waals surface area contributed by atoms with Gasteiger partial charge in [-0.2, -0.15) is 23.5 Å².